The van der Waals surface area contributed by atoms with E-state index in [4.69, 9.17) is 4.74 Å². The Bertz CT molecular complexity index is 1450. The zero-order valence-corrected chi connectivity index (χ0v) is 24.9. The second kappa shape index (κ2) is 15.5. The number of aromatic nitrogens is 1. The van der Waals surface area contributed by atoms with Gasteiger partial charge in [0, 0.05) is 30.3 Å². The molecule has 228 valence electrons. The van der Waals surface area contributed by atoms with Gasteiger partial charge < -0.3 is 23.7 Å². The Labute approximate surface area is 253 Å². The molecule has 1 amide bonds. The van der Waals surface area contributed by atoms with Gasteiger partial charge in [-0.25, -0.2) is 4.98 Å². The van der Waals surface area contributed by atoms with E-state index in [1.165, 1.54) is 12.3 Å². The van der Waals surface area contributed by atoms with Crippen LogP contribution in [0.5, 0.6) is 5.75 Å². The first-order valence-electron chi connectivity index (χ1n) is 14.4. The highest BCUT2D eigenvalue weighted by Crippen LogP contribution is 2.45. The van der Waals surface area contributed by atoms with Crippen molar-refractivity contribution in [3.63, 3.8) is 0 Å². The molecule has 1 aliphatic rings. The number of carbonyl (C=O) groups excluding carboxylic acids is 2. The number of hydrogen-bond acceptors (Lipinski definition) is 9. The van der Waals surface area contributed by atoms with Crippen LogP contribution in [0.2, 0.25) is 0 Å². The molecule has 4 N–H and O–H groups in total. The van der Waals surface area contributed by atoms with Crippen LogP contribution in [0, 0.1) is 0 Å². The molecule has 43 heavy (non-hydrogen) atoms. The topological polar surface area (TPSA) is 154 Å². The van der Waals surface area contributed by atoms with Crippen LogP contribution in [-0.4, -0.2) is 43.5 Å². The van der Waals surface area contributed by atoms with E-state index in [-0.39, 0.29) is 23.1 Å². The third-order valence-electron chi connectivity index (χ3n) is 7.17. The van der Waals surface area contributed by atoms with Crippen molar-refractivity contribution >= 4 is 28.4 Å². The number of Topliss-reactive ketones (excluding diaryl/α,β-unsaturated/α-hetero) is 1. The predicted molar refractivity (Wildman–Crippen MR) is 167 cm³/mol. The van der Waals surface area contributed by atoms with Gasteiger partial charge in [-0.05, 0) is 73.6 Å². The third-order valence-corrected chi connectivity index (χ3v) is 8.16. The van der Waals surface area contributed by atoms with Crippen LogP contribution < -0.4 is 10.1 Å². The molecule has 0 aliphatic heterocycles. The highest BCUT2D eigenvalue weighted by molar-refractivity contribution is 8.19. The quantitative estimate of drug-likeness (QED) is 0.0790. The van der Waals surface area contributed by atoms with Gasteiger partial charge in [0.05, 0.1) is 23.6 Å². The number of nitrogens with zero attached hydrogens (tertiary/aromatic N) is 3. The van der Waals surface area contributed by atoms with E-state index < -0.39 is 10.9 Å². The zero-order valence-electron chi connectivity index (χ0n) is 24.1. The van der Waals surface area contributed by atoms with Crippen molar-refractivity contribution < 1.29 is 28.0 Å². The first kappa shape index (κ1) is 32.0. The molecule has 1 aromatic heterocycles. The van der Waals surface area contributed by atoms with Gasteiger partial charge in [-0.1, -0.05) is 37.1 Å². The smallest absolute Gasteiger partial charge is 0.252 e. The summed E-state index contributed by atoms with van der Waals surface area (Å²) in [6, 6.07) is 13.3. The summed E-state index contributed by atoms with van der Waals surface area (Å²) < 4.78 is 34.7. The molecule has 0 bridgehead atoms. The number of unbranched alkanes of at least 4 members (excludes halogenated alkanes) is 3. The number of rotatable bonds is 15. The maximum Gasteiger partial charge on any atom is 0.252 e. The highest BCUT2D eigenvalue weighted by atomic mass is 32.3. The van der Waals surface area contributed by atoms with Crippen LogP contribution in [-0.2, 0) is 19.4 Å². The normalized spacial score (nSPS) is 13.5. The summed E-state index contributed by atoms with van der Waals surface area (Å²) in [5.41, 5.74) is 3.87. The van der Waals surface area contributed by atoms with Gasteiger partial charge in [-0.3, -0.25) is 9.59 Å². The number of benzene rings is 2. The lowest BCUT2D eigenvalue weighted by Crippen LogP contribution is -2.24. The lowest BCUT2D eigenvalue weighted by atomic mass is 9.86. The summed E-state index contributed by atoms with van der Waals surface area (Å²) >= 11 is 0. The minimum absolute atomic E-state index is 0.00451. The summed E-state index contributed by atoms with van der Waals surface area (Å²) in [6.07, 6.45) is 10.0. The molecule has 0 fully saturated rings. The van der Waals surface area contributed by atoms with Gasteiger partial charge in [-0.15, -0.1) is 11.7 Å². The number of nitrogens with one attached hydrogen (secondary N) is 1. The van der Waals surface area contributed by atoms with Gasteiger partial charge in [-0.2, -0.15) is 5.11 Å². The van der Waals surface area contributed by atoms with Crippen LogP contribution in [0.25, 0.3) is 0 Å². The van der Waals surface area contributed by atoms with Gasteiger partial charge in [0.2, 0.25) is 0 Å². The van der Waals surface area contributed by atoms with E-state index >= 15 is 0 Å². The second-order valence-corrected chi connectivity index (χ2v) is 11.8. The summed E-state index contributed by atoms with van der Waals surface area (Å²) in [4.78, 5) is 28.9. The van der Waals surface area contributed by atoms with Crippen LogP contribution >= 0.6 is 10.9 Å². The van der Waals surface area contributed by atoms with E-state index in [9.17, 15) is 23.2 Å². The summed E-state index contributed by atoms with van der Waals surface area (Å²) in [7, 11) is -3.86. The Morgan fingerprint density at radius 3 is 2.63 bits per heavy atom. The van der Waals surface area contributed by atoms with Crippen molar-refractivity contribution in [3.8, 4) is 5.75 Å². The molecule has 0 saturated carbocycles. The largest absolute Gasteiger partial charge is 0.493 e. The number of carbonyl (C=O) groups is 2. The molecule has 0 atom stereocenters. The third kappa shape index (κ3) is 9.04. The molecule has 0 radical (unpaired) electrons. The predicted octanol–water partition coefficient (Wildman–Crippen LogP) is 7.56. The molecule has 1 aliphatic carbocycles. The van der Waals surface area contributed by atoms with E-state index in [0.29, 0.717) is 42.9 Å². The van der Waals surface area contributed by atoms with E-state index in [2.05, 4.69) is 27.1 Å². The summed E-state index contributed by atoms with van der Waals surface area (Å²) in [5, 5.41) is 10.9. The molecule has 10 nitrogen and oxygen atoms in total. The Morgan fingerprint density at radius 2 is 1.86 bits per heavy atom. The SMILES string of the molecule is C=CCc1c(OCCCCCCNC(=O)c2ccc(N=NCc3ccccc3S(O)(O)O)nc2)ccc2c1CCCC2=O. The Balaban J connectivity index is 1.14. The fourth-order valence-electron chi connectivity index (χ4n) is 5.01. The molecule has 11 heteroatoms. The first-order valence-corrected chi connectivity index (χ1v) is 15.9. The molecular weight excluding hydrogens is 568 g/mol. The highest BCUT2D eigenvalue weighted by Gasteiger charge is 2.22. The summed E-state index contributed by atoms with van der Waals surface area (Å²) in [5.74, 6) is 1.13. The van der Waals surface area contributed by atoms with Gasteiger partial charge in [0.25, 0.3) is 5.91 Å². The zero-order chi connectivity index (χ0) is 30.7. The molecule has 0 unspecified atom stereocenters. The number of ketones is 1. The minimum atomic E-state index is -3.86. The van der Waals surface area contributed by atoms with Gasteiger partial charge >= 0.3 is 0 Å². The van der Waals surface area contributed by atoms with Crippen molar-refractivity contribution in [1.82, 2.24) is 10.3 Å². The monoisotopic (exact) mass is 606 g/mol. The molecule has 4 rings (SSSR count). The maximum absolute atomic E-state index is 12.5. The Kier molecular flexibility index (Phi) is 11.6. The maximum atomic E-state index is 12.5. The number of azo groups is 1. The average Bonchev–Trinajstić information content (AvgIpc) is 2.99. The Hall–Kier alpha value is -3.90. The van der Waals surface area contributed by atoms with Crippen LogP contribution in [0.15, 0.2) is 82.5 Å². The second-order valence-electron chi connectivity index (χ2n) is 10.3. The lowest BCUT2D eigenvalue weighted by molar-refractivity contribution is 0.0949. The standard InChI is InChI=1S/C32H38N4O6S/c1-2-10-27-25-12-9-13-28(37)26(25)16-17-29(27)42-20-8-4-3-7-19-33-32(38)24-15-18-31(34-21-24)36-35-22-23-11-5-6-14-30(23)43(39,40)41/h2,5-6,11,14-18,21,39-41H,1,3-4,7-10,12-13,19-20,22H2,(H,33,38). The number of hydrogen-bond donors (Lipinski definition) is 4. The molecule has 2 aromatic carbocycles. The number of amides is 1. The number of allylic oxidation sites excluding steroid dienone is 1. The number of pyridine rings is 1. The molecular formula is C32H38N4O6S. The van der Waals surface area contributed by atoms with Crippen LogP contribution in [0.4, 0.5) is 5.82 Å². The average molecular weight is 607 g/mol. The molecule has 0 saturated heterocycles. The lowest BCUT2D eigenvalue weighted by Gasteiger charge is -2.21. The minimum Gasteiger partial charge on any atom is -0.493 e. The molecule has 3 aromatic rings. The van der Waals surface area contributed by atoms with Crippen molar-refractivity contribution in [2.24, 2.45) is 10.2 Å². The van der Waals surface area contributed by atoms with E-state index in [0.717, 1.165) is 61.0 Å². The first-order chi connectivity index (χ1) is 20.8. The van der Waals surface area contributed by atoms with Crippen molar-refractivity contribution in [2.75, 3.05) is 13.2 Å². The number of ether oxygens (including phenoxy) is 1. The van der Waals surface area contributed by atoms with Crippen LogP contribution in [0.3, 0.4) is 0 Å². The molecule has 1 heterocycles. The van der Waals surface area contributed by atoms with Gasteiger partial charge in [0.15, 0.2) is 11.6 Å². The summed E-state index contributed by atoms with van der Waals surface area (Å²) in [6.45, 7) is 5.03. The Morgan fingerprint density at radius 1 is 1.05 bits per heavy atom. The van der Waals surface area contributed by atoms with Crippen molar-refractivity contribution in [3.05, 3.63) is 95.2 Å². The fourth-order valence-corrected chi connectivity index (χ4v) is 5.76. The van der Waals surface area contributed by atoms with Crippen molar-refractivity contribution in [1.29, 1.82) is 0 Å². The van der Waals surface area contributed by atoms with E-state index in [1.807, 2.05) is 18.2 Å². The van der Waals surface area contributed by atoms with Crippen molar-refractivity contribution in [2.45, 2.75) is 62.8 Å². The van der Waals surface area contributed by atoms with Crippen LogP contribution in [0.1, 0.15) is 75.9 Å². The van der Waals surface area contributed by atoms with E-state index in [1.54, 1.807) is 30.3 Å². The fraction of sp³-hybridized carbons (Fsp3) is 0.344. The number of fused-ring (bicyclic) bond motifs is 1. The molecule has 0 spiro atoms. The van der Waals surface area contributed by atoms with Gasteiger partial charge in [0.1, 0.15) is 16.6 Å².